The monoisotopic (exact) mass is 344 g/mol. The maximum atomic E-state index is 12.4. The first kappa shape index (κ1) is 17.7. The first-order valence-electron chi connectivity index (χ1n) is 9.35. The maximum Gasteiger partial charge on any atom is 0.323 e. The molecule has 136 valence electrons. The summed E-state index contributed by atoms with van der Waals surface area (Å²) in [7, 11) is 0. The lowest BCUT2D eigenvalue weighted by Gasteiger charge is -2.32. The molecule has 1 fully saturated rings. The Bertz CT molecular complexity index is 756. The van der Waals surface area contributed by atoms with E-state index in [0.717, 1.165) is 68.5 Å². The second-order valence-corrected chi connectivity index (χ2v) is 6.94. The first-order chi connectivity index (χ1) is 12.2. The van der Waals surface area contributed by atoms with Gasteiger partial charge in [0.15, 0.2) is 0 Å². The standard InChI is InChI=1S/C19H28N4O2/c1-2-20-13-15-8-10-23(11-9-15)18(24)5-3-4-14-6-7-16-17(12-14)22-19(25)21-16/h6-7,12,15,20H,2-5,8-11,13H2,1H3,(H2,21,22,25). The van der Waals surface area contributed by atoms with Gasteiger partial charge in [0.25, 0.3) is 0 Å². The van der Waals surface area contributed by atoms with Crippen LogP contribution in [0.1, 0.15) is 38.2 Å². The van der Waals surface area contributed by atoms with Crippen molar-refractivity contribution in [3.05, 3.63) is 34.2 Å². The van der Waals surface area contributed by atoms with Crippen molar-refractivity contribution in [2.24, 2.45) is 5.92 Å². The summed E-state index contributed by atoms with van der Waals surface area (Å²) in [5, 5.41) is 3.40. The van der Waals surface area contributed by atoms with E-state index in [4.69, 9.17) is 0 Å². The smallest absolute Gasteiger partial charge is 0.323 e. The molecule has 25 heavy (non-hydrogen) atoms. The number of carbonyl (C=O) groups excluding carboxylic acids is 1. The molecule has 1 saturated heterocycles. The Kier molecular flexibility index (Phi) is 5.91. The number of aromatic nitrogens is 2. The zero-order chi connectivity index (χ0) is 17.6. The molecule has 0 atom stereocenters. The second kappa shape index (κ2) is 8.34. The number of H-pyrrole nitrogens is 2. The van der Waals surface area contributed by atoms with Crippen molar-refractivity contribution < 1.29 is 4.79 Å². The first-order valence-corrected chi connectivity index (χ1v) is 9.35. The number of hydrogen-bond donors (Lipinski definition) is 3. The van der Waals surface area contributed by atoms with Gasteiger partial charge in [-0.2, -0.15) is 0 Å². The van der Waals surface area contributed by atoms with Crippen LogP contribution in [0.5, 0.6) is 0 Å². The summed E-state index contributed by atoms with van der Waals surface area (Å²) < 4.78 is 0. The molecule has 6 nitrogen and oxygen atoms in total. The van der Waals surface area contributed by atoms with E-state index in [1.807, 2.05) is 23.1 Å². The summed E-state index contributed by atoms with van der Waals surface area (Å²) in [6, 6.07) is 5.92. The number of carbonyl (C=O) groups is 1. The Labute approximate surface area is 148 Å². The van der Waals surface area contributed by atoms with E-state index in [-0.39, 0.29) is 11.6 Å². The average Bonchev–Trinajstić information content (AvgIpc) is 2.99. The fourth-order valence-corrected chi connectivity index (χ4v) is 3.57. The largest absolute Gasteiger partial charge is 0.343 e. The highest BCUT2D eigenvalue weighted by atomic mass is 16.2. The van der Waals surface area contributed by atoms with Gasteiger partial charge in [0, 0.05) is 19.5 Å². The van der Waals surface area contributed by atoms with Crippen LogP contribution in [-0.4, -0.2) is 47.0 Å². The van der Waals surface area contributed by atoms with Crippen LogP contribution in [0.2, 0.25) is 0 Å². The van der Waals surface area contributed by atoms with Gasteiger partial charge in [-0.25, -0.2) is 4.79 Å². The number of aryl methyl sites for hydroxylation is 1. The van der Waals surface area contributed by atoms with Crippen LogP contribution in [0.25, 0.3) is 11.0 Å². The van der Waals surface area contributed by atoms with Gasteiger partial charge in [-0.15, -0.1) is 0 Å². The van der Waals surface area contributed by atoms with Gasteiger partial charge < -0.3 is 20.2 Å². The molecule has 1 aromatic carbocycles. The summed E-state index contributed by atoms with van der Waals surface area (Å²) in [6.07, 6.45) is 4.51. The van der Waals surface area contributed by atoms with Crippen molar-refractivity contribution in [2.75, 3.05) is 26.2 Å². The molecule has 1 aliphatic heterocycles. The van der Waals surface area contributed by atoms with Gasteiger partial charge in [0.05, 0.1) is 11.0 Å². The molecular formula is C19H28N4O2. The van der Waals surface area contributed by atoms with E-state index >= 15 is 0 Å². The van der Waals surface area contributed by atoms with E-state index in [1.165, 1.54) is 0 Å². The normalized spacial score (nSPS) is 15.8. The topological polar surface area (TPSA) is 81.0 Å². The van der Waals surface area contributed by atoms with Crippen molar-refractivity contribution in [3.8, 4) is 0 Å². The second-order valence-electron chi connectivity index (χ2n) is 6.94. The third kappa shape index (κ3) is 4.72. The van der Waals surface area contributed by atoms with E-state index in [0.29, 0.717) is 12.3 Å². The molecule has 0 bridgehead atoms. The molecule has 2 aromatic rings. The number of nitrogens with zero attached hydrogens (tertiary/aromatic N) is 1. The van der Waals surface area contributed by atoms with Gasteiger partial charge >= 0.3 is 5.69 Å². The molecule has 0 radical (unpaired) electrons. The Balaban J connectivity index is 1.42. The molecule has 3 N–H and O–H groups in total. The molecule has 0 saturated carbocycles. The highest BCUT2D eigenvalue weighted by Gasteiger charge is 2.21. The highest BCUT2D eigenvalue weighted by molar-refractivity contribution is 5.76. The minimum Gasteiger partial charge on any atom is -0.343 e. The quantitative estimate of drug-likeness (QED) is 0.719. The zero-order valence-corrected chi connectivity index (χ0v) is 14.9. The number of amides is 1. The van der Waals surface area contributed by atoms with Crippen LogP contribution in [0.4, 0.5) is 0 Å². The predicted octanol–water partition coefficient (Wildman–Crippen LogP) is 2.03. The van der Waals surface area contributed by atoms with Crippen LogP contribution < -0.4 is 11.0 Å². The van der Waals surface area contributed by atoms with Gasteiger partial charge in [0.1, 0.15) is 0 Å². The molecule has 1 aromatic heterocycles. The average molecular weight is 344 g/mol. The zero-order valence-electron chi connectivity index (χ0n) is 14.9. The van der Waals surface area contributed by atoms with E-state index < -0.39 is 0 Å². The highest BCUT2D eigenvalue weighted by Crippen LogP contribution is 2.18. The van der Waals surface area contributed by atoms with Gasteiger partial charge in [-0.05, 0) is 62.4 Å². The number of benzene rings is 1. The maximum absolute atomic E-state index is 12.4. The van der Waals surface area contributed by atoms with Crippen LogP contribution in [0, 0.1) is 5.92 Å². The predicted molar refractivity (Wildman–Crippen MR) is 99.7 cm³/mol. The number of rotatable bonds is 7. The number of piperidine rings is 1. The van der Waals surface area contributed by atoms with E-state index in [2.05, 4.69) is 22.2 Å². The number of imidazole rings is 1. The van der Waals surface area contributed by atoms with Crippen LogP contribution in [0.15, 0.2) is 23.0 Å². The Morgan fingerprint density at radius 1 is 1.24 bits per heavy atom. The minimum atomic E-state index is -0.181. The van der Waals surface area contributed by atoms with Gasteiger partial charge in [-0.1, -0.05) is 13.0 Å². The summed E-state index contributed by atoms with van der Waals surface area (Å²) in [5.41, 5.74) is 2.63. The lowest BCUT2D eigenvalue weighted by Crippen LogP contribution is -2.40. The number of nitrogens with one attached hydrogen (secondary N) is 3. The lowest BCUT2D eigenvalue weighted by atomic mass is 9.96. The summed E-state index contributed by atoms with van der Waals surface area (Å²) in [6.45, 7) is 6.00. The molecule has 0 spiro atoms. The van der Waals surface area contributed by atoms with E-state index in [1.54, 1.807) is 0 Å². The molecule has 0 aliphatic carbocycles. The fraction of sp³-hybridized carbons (Fsp3) is 0.579. The number of aromatic amines is 2. The molecule has 1 amide bonds. The Hall–Kier alpha value is -2.08. The van der Waals surface area contributed by atoms with Crippen LogP contribution in [0.3, 0.4) is 0 Å². The number of likely N-dealkylation sites (tertiary alicyclic amines) is 1. The van der Waals surface area contributed by atoms with E-state index in [9.17, 15) is 9.59 Å². The molecule has 6 heteroatoms. The van der Waals surface area contributed by atoms with Crippen molar-refractivity contribution in [1.82, 2.24) is 20.2 Å². The third-order valence-electron chi connectivity index (χ3n) is 5.09. The lowest BCUT2D eigenvalue weighted by molar-refractivity contribution is -0.132. The number of fused-ring (bicyclic) bond motifs is 1. The molecule has 3 rings (SSSR count). The van der Waals surface area contributed by atoms with Crippen molar-refractivity contribution in [2.45, 2.75) is 39.0 Å². The van der Waals surface area contributed by atoms with Crippen molar-refractivity contribution in [3.63, 3.8) is 0 Å². The van der Waals surface area contributed by atoms with Gasteiger partial charge in [0.2, 0.25) is 5.91 Å². The molecule has 0 unspecified atom stereocenters. The van der Waals surface area contributed by atoms with Gasteiger partial charge in [-0.3, -0.25) is 4.79 Å². The summed E-state index contributed by atoms with van der Waals surface area (Å²) in [4.78, 5) is 31.2. The number of hydrogen-bond acceptors (Lipinski definition) is 3. The van der Waals surface area contributed by atoms with Crippen LogP contribution in [-0.2, 0) is 11.2 Å². The fourth-order valence-electron chi connectivity index (χ4n) is 3.57. The summed E-state index contributed by atoms with van der Waals surface area (Å²) >= 11 is 0. The Morgan fingerprint density at radius 2 is 2.00 bits per heavy atom. The van der Waals surface area contributed by atoms with Crippen molar-refractivity contribution >= 4 is 16.9 Å². The third-order valence-corrected chi connectivity index (χ3v) is 5.09. The Morgan fingerprint density at radius 3 is 2.76 bits per heavy atom. The molecule has 2 heterocycles. The SMILES string of the molecule is CCNCC1CCN(C(=O)CCCc2ccc3[nH]c(=O)[nH]c3c2)CC1. The van der Waals surface area contributed by atoms with Crippen LogP contribution >= 0.6 is 0 Å². The minimum absolute atomic E-state index is 0.181. The molecular weight excluding hydrogens is 316 g/mol. The van der Waals surface area contributed by atoms with Crippen molar-refractivity contribution in [1.29, 1.82) is 0 Å². The summed E-state index contributed by atoms with van der Waals surface area (Å²) in [5.74, 6) is 0.984. The molecule has 1 aliphatic rings.